The number of carbonyl (C=O) groups is 1. The first kappa shape index (κ1) is 15.5. The van der Waals surface area contributed by atoms with E-state index in [1.807, 2.05) is 30.3 Å². The van der Waals surface area contributed by atoms with Crippen molar-refractivity contribution in [2.24, 2.45) is 0 Å². The van der Waals surface area contributed by atoms with Crippen molar-refractivity contribution in [2.45, 2.75) is 51.9 Å². The Hall–Kier alpha value is -1.51. The number of hydrogen-bond donors (Lipinski definition) is 1. The second kappa shape index (κ2) is 10.4. The van der Waals surface area contributed by atoms with E-state index in [1.54, 1.807) is 0 Å². The zero-order valence-electron chi connectivity index (χ0n) is 11.9. The summed E-state index contributed by atoms with van der Waals surface area (Å²) in [4.78, 5) is 11.5. The molecule has 0 radical (unpaired) electrons. The van der Waals surface area contributed by atoms with Gasteiger partial charge in [-0.2, -0.15) is 0 Å². The van der Waals surface area contributed by atoms with Crippen molar-refractivity contribution in [3.63, 3.8) is 0 Å². The molecule has 0 bridgehead atoms. The summed E-state index contributed by atoms with van der Waals surface area (Å²) < 4.78 is 5.12. The summed E-state index contributed by atoms with van der Waals surface area (Å²) in [7, 11) is 0. The SMILES string of the molecule is CCCCCCCCCOC(=O)Nc1ccccc1. The predicted molar refractivity (Wildman–Crippen MR) is 79.4 cm³/mol. The van der Waals surface area contributed by atoms with Gasteiger partial charge in [-0.05, 0) is 18.6 Å². The van der Waals surface area contributed by atoms with Crippen molar-refractivity contribution in [3.05, 3.63) is 30.3 Å². The molecule has 0 aromatic heterocycles. The van der Waals surface area contributed by atoms with Gasteiger partial charge < -0.3 is 4.74 Å². The summed E-state index contributed by atoms with van der Waals surface area (Å²) >= 11 is 0. The Morgan fingerprint density at radius 1 is 1.00 bits per heavy atom. The molecule has 0 aliphatic carbocycles. The highest BCUT2D eigenvalue weighted by atomic mass is 16.5. The fraction of sp³-hybridized carbons (Fsp3) is 0.562. The number of hydrogen-bond acceptors (Lipinski definition) is 2. The highest BCUT2D eigenvalue weighted by Crippen LogP contribution is 2.08. The van der Waals surface area contributed by atoms with E-state index in [9.17, 15) is 4.79 Å². The van der Waals surface area contributed by atoms with Gasteiger partial charge in [0, 0.05) is 5.69 Å². The van der Waals surface area contributed by atoms with Crippen LogP contribution in [0.25, 0.3) is 0 Å². The molecule has 0 saturated carbocycles. The minimum Gasteiger partial charge on any atom is -0.449 e. The molecule has 0 unspecified atom stereocenters. The average molecular weight is 263 g/mol. The smallest absolute Gasteiger partial charge is 0.411 e. The number of nitrogens with one attached hydrogen (secondary N) is 1. The fourth-order valence-electron chi connectivity index (χ4n) is 1.90. The zero-order chi connectivity index (χ0) is 13.8. The Labute approximate surface area is 116 Å². The third-order valence-corrected chi connectivity index (χ3v) is 3.00. The van der Waals surface area contributed by atoms with Gasteiger partial charge >= 0.3 is 6.09 Å². The van der Waals surface area contributed by atoms with E-state index in [2.05, 4.69) is 12.2 Å². The van der Waals surface area contributed by atoms with Crippen LogP contribution >= 0.6 is 0 Å². The van der Waals surface area contributed by atoms with Gasteiger partial charge in [-0.25, -0.2) is 4.79 Å². The Bertz CT molecular complexity index is 338. The highest BCUT2D eigenvalue weighted by molar-refractivity contribution is 5.84. The molecule has 0 aliphatic rings. The Morgan fingerprint density at radius 2 is 1.63 bits per heavy atom. The predicted octanol–water partition coefficient (Wildman–Crippen LogP) is 4.99. The van der Waals surface area contributed by atoms with Crippen molar-refractivity contribution in [1.29, 1.82) is 0 Å². The van der Waals surface area contributed by atoms with E-state index in [1.165, 1.54) is 32.1 Å². The number of anilines is 1. The molecule has 0 atom stereocenters. The number of amides is 1. The average Bonchev–Trinajstić information content (AvgIpc) is 2.43. The second-order valence-electron chi connectivity index (χ2n) is 4.75. The molecule has 0 spiro atoms. The molecule has 3 nitrogen and oxygen atoms in total. The van der Waals surface area contributed by atoms with Crippen LogP contribution in [-0.4, -0.2) is 12.7 Å². The molecule has 1 amide bonds. The number of benzene rings is 1. The first-order valence-corrected chi connectivity index (χ1v) is 7.31. The first-order valence-electron chi connectivity index (χ1n) is 7.31. The second-order valence-corrected chi connectivity index (χ2v) is 4.75. The van der Waals surface area contributed by atoms with Gasteiger partial charge in [0.05, 0.1) is 6.61 Å². The summed E-state index contributed by atoms with van der Waals surface area (Å²) in [6, 6.07) is 9.36. The van der Waals surface area contributed by atoms with Crippen LogP contribution in [0.1, 0.15) is 51.9 Å². The molecule has 19 heavy (non-hydrogen) atoms. The van der Waals surface area contributed by atoms with Gasteiger partial charge in [-0.3, -0.25) is 5.32 Å². The molecule has 0 fully saturated rings. The van der Waals surface area contributed by atoms with Crippen LogP contribution in [0.2, 0.25) is 0 Å². The van der Waals surface area contributed by atoms with Crippen LogP contribution in [-0.2, 0) is 4.74 Å². The van der Waals surface area contributed by atoms with Gasteiger partial charge in [0.1, 0.15) is 0 Å². The molecule has 1 N–H and O–H groups in total. The molecule has 0 heterocycles. The molecular weight excluding hydrogens is 238 g/mol. The number of ether oxygens (including phenoxy) is 1. The lowest BCUT2D eigenvalue weighted by atomic mass is 10.1. The van der Waals surface area contributed by atoms with Crippen molar-refractivity contribution in [1.82, 2.24) is 0 Å². The number of carbonyl (C=O) groups excluding carboxylic acids is 1. The van der Waals surface area contributed by atoms with Gasteiger partial charge in [0.2, 0.25) is 0 Å². The number of rotatable bonds is 9. The highest BCUT2D eigenvalue weighted by Gasteiger charge is 2.01. The van der Waals surface area contributed by atoms with Crippen LogP contribution in [0.4, 0.5) is 10.5 Å². The lowest BCUT2D eigenvalue weighted by Gasteiger charge is -2.06. The quantitative estimate of drug-likeness (QED) is 0.638. The molecule has 0 aliphatic heterocycles. The zero-order valence-corrected chi connectivity index (χ0v) is 11.9. The molecular formula is C16H25NO2. The molecule has 106 valence electrons. The maximum atomic E-state index is 11.5. The minimum atomic E-state index is -0.364. The van der Waals surface area contributed by atoms with Crippen molar-refractivity contribution in [2.75, 3.05) is 11.9 Å². The third kappa shape index (κ3) is 8.25. The standard InChI is InChI=1S/C16H25NO2/c1-2-3-4-5-6-7-11-14-19-16(18)17-15-12-9-8-10-13-15/h8-10,12-13H,2-7,11,14H2,1H3,(H,17,18). The summed E-state index contributed by atoms with van der Waals surface area (Å²) in [6.45, 7) is 2.73. The van der Waals surface area contributed by atoms with E-state index in [0.717, 1.165) is 18.5 Å². The molecule has 1 aromatic carbocycles. The molecule has 1 aromatic rings. The van der Waals surface area contributed by atoms with Crippen LogP contribution in [0.15, 0.2) is 30.3 Å². The van der Waals surface area contributed by atoms with Crippen molar-refractivity contribution >= 4 is 11.8 Å². The lowest BCUT2D eigenvalue weighted by Crippen LogP contribution is -2.14. The molecule has 3 heteroatoms. The van der Waals surface area contributed by atoms with E-state index >= 15 is 0 Å². The molecule has 1 rings (SSSR count). The largest absolute Gasteiger partial charge is 0.449 e. The monoisotopic (exact) mass is 263 g/mol. The maximum absolute atomic E-state index is 11.5. The van der Waals surface area contributed by atoms with E-state index in [4.69, 9.17) is 4.74 Å². The maximum Gasteiger partial charge on any atom is 0.411 e. The third-order valence-electron chi connectivity index (χ3n) is 3.00. The fourth-order valence-corrected chi connectivity index (χ4v) is 1.90. The van der Waals surface area contributed by atoms with Crippen molar-refractivity contribution in [3.8, 4) is 0 Å². The topological polar surface area (TPSA) is 38.3 Å². The minimum absolute atomic E-state index is 0.364. The summed E-state index contributed by atoms with van der Waals surface area (Å²) in [5.41, 5.74) is 0.770. The van der Waals surface area contributed by atoms with E-state index in [0.29, 0.717) is 6.61 Å². The van der Waals surface area contributed by atoms with E-state index in [-0.39, 0.29) is 6.09 Å². The summed E-state index contributed by atoms with van der Waals surface area (Å²) in [5, 5.41) is 2.70. The van der Waals surface area contributed by atoms with E-state index < -0.39 is 0 Å². The van der Waals surface area contributed by atoms with Gasteiger partial charge in [-0.15, -0.1) is 0 Å². The van der Waals surface area contributed by atoms with Crippen LogP contribution in [0.3, 0.4) is 0 Å². The van der Waals surface area contributed by atoms with Crippen LogP contribution in [0, 0.1) is 0 Å². The normalized spacial score (nSPS) is 10.2. The van der Waals surface area contributed by atoms with Gasteiger partial charge in [-0.1, -0.05) is 63.6 Å². The summed E-state index contributed by atoms with van der Waals surface area (Å²) in [6.07, 6.45) is 8.20. The van der Waals surface area contributed by atoms with Gasteiger partial charge in [0.25, 0.3) is 0 Å². The van der Waals surface area contributed by atoms with Crippen LogP contribution in [0.5, 0.6) is 0 Å². The summed E-state index contributed by atoms with van der Waals surface area (Å²) in [5.74, 6) is 0. The van der Waals surface area contributed by atoms with Gasteiger partial charge in [0.15, 0.2) is 0 Å². The number of unbranched alkanes of at least 4 members (excludes halogenated alkanes) is 6. The van der Waals surface area contributed by atoms with Crippen LogP contribution < -0.4 is 5.32 Å². The number of para-hydroxylation sites is 1. The Balaban J connectivity index is 1.96. The Kier molecular flexibility index (Phi) is 8.52. The van der Waals surface area contributed by atoms with Crippen molar-refractivity contribution < 1.29 is 9.53 Å². The Morgan fingerprint density at radius 3 is 2.32 bits per heavy atom. The molecule has 0 saturated heterocycles. The first-order chi connectivity index (χ1) is 9.33. The lowest BCUT2D eigenvalue weighted by molar-refractivity contribution is 0.159.